The summed E-state index contributed by atoms with van der Waals surface area (Å²) in [5.41, 5.74) is 1.20. The molecule has 0 amide bonds. The summed E-state index contributed by atoms with van der Waals surface area (Å²) in [7, 11) is 0. The Balaban J connectivity index is 1.99. The number of anilines is 1. The number of ether oxygens (including phenoxy) is 1. The molecule has 0 saturated carbocycles. The highest BCUT2D eigenvalue weighted by molar-refractivity contribution is 9.10. The quantitative estimate of drug-likeness (QED) is 0.588. The summed E-state index contributed by atoms with van der Waals surface area (Å²) in [6.07, 6.45) is 1.67. The Labute approximate surface area is 130 Å². The van der Waals surface area contributed by atoms with E-state index in [1.807, 2.05) is 24.3 Å². The number of rotatable bonds is 6. The van der Waals surface area contributed by atoms with Crippen LogP contribution in [-0.2, 0) is 6.54 Å². The summed E-state index contributed by atoms with van der Waals surface area (Å²) >= 11 is 3.03. The Morgan fingerprint density at radius 1 is 1.14 bits per heavy atom. The minimum absolute atomic E-state index is 0.222. The van der Waals surface area contributed by atoms with E-state index in [0.29, 0.717) is 13.2 Å². The minimum atomic E-state index is -0.623. The Morgan fingerprint density at radius 2 is 1.86 bits per heavy atom. The van der Waals surface area contributed by atoms with Gasteiger partial charge in [0.05, 0.1) is 10.2 Å². The highest BCUT2D eigenvalue weighted by Crippen LogP contribution is 2.24. The molecule has 0 unspecified atom stereocenters. The van der Waals surface area contributed by atoms with E-state index in [0.717, 1.165) is 17.4 Å². The van der Waals surface area contributed by atoms with Crippen LogP contribution in [0.15, 0.2) is 53.5 Å². The van der Waals surface area contributed by atoms with Crippen molar-refractivity contribution in [3.8, 4) is 5.75 Å². The maximum Gasteiger partial charge on any atom is 0.149 e. The third-order valence-electron chi connectivity index (χ3n) is 2.78. The predicted molar refractivity (Wildman–Crippen MR) is 83.5 cm³/mol. The SMILES string of the molecule is C=CCOc1ccc(CNc2cc(Br)c(F)cc2F)cc1. The molecule has 2 nitrogen and oxygen atoms in total. The van der Waals surface area contributed by atoms with E-state index in [9.17, 15) is 8.78 Å². The number of hydrogen-bond donors (Lipinski definition) is 1. The lowest BCUT2D eigenvalue weighted by molar-refractivity contribution is 0.363. The Kier molecular flexibility index (Phi) is 5.33. The molecule has 2 rings (SSSR count). The van der Waals surface area contributed by atoms with Gasteiger partial charge in [0.15, 0.2) is 0 Å². The smallest absolute Gasteiger partial charge is 0.149 e. The highest BCUT2D eigenvalue weighted by Gasteiger charge is 2.07. The second-order valence-corrected chi connectivity index (χ2v) is 5.20. The molecule has 0 aliphatic rings. The molecule has 5 heteroatoms. The molecule has 0 aromatic heterocycles. The zero-order valence-electron chi connectivity index (χ0n) is 11.2. The van der Waals surface area contributed by atoms with Crippen LogP contribution in [0.5, 0.6) is 5.75 Å². The van der Waals surface area contributed by atoms with E-state index in [1.54, 1.807) is 6.08 Å². The summed E-state index contributed by atoms with van der Waals surface area (Å²) in [5.74, 6) is -0.502. The van der Waals surface area contributed by atoms with Crippen molar-refractivity contribution in [1.29, 1.82) is 0 Å². The fourth-order valence-electron chi connectivity index (χ4n) is 1.71. The molecule has 21 heavy (non-hydrogen) atoms. The van der Waals surface area contributed by atoms with Crippen LogP contribution in [-0.4, -0.2) is 6.61 Å². The maximum atomic E-state index is 13.6. The van der Waals surface area contributed by atoms with Crippen molar-refractivity contribution in [2.24, 2.45) is 0 Å². The highest BCUT2D eigenvalue weighted by atomic mass is 79.9. The zero-order valence-corrected chi connectivity index (χ0v) is 12.8. The van der Waals surface area contributed by atoms with Crippen molar-refractivity contribution in [3.63, 3.8) is 0 Å². The fourth-order valence-corrected chi connectivity index (χ4v) is 2.06. The van der Waals surface area contributed by atoms with E-state index in [4.69, 9.17) is 4.74 Å². The van der Waals surface area contributed by atoms with Gasteiger partial charge in [0.25, 0.3) is 0 Å². The fraction of sp³-hybridized carbons (Fsp3) is 0.125. The summed E-state index contributed by atoms with van der Waals surface area (Å²) in [6.45, 7) is 4.45. The van der Waals surface area contributed by atoms with Crippen molar-refractivity contribution in [2.75, 3.05) is 11.9 Å². The molecule has 0 aliphatic heterocycles. The van der Waals surface area contributed by atoms with Crippen LogP contribution in [0.25, 0.3) is 0 Å². The first-order valence-corrected chi connectivity index (χ1v) is 7.10. The van der Waals surface area contributed by atoms with Crippen LogP contribution in [0.2, 0.25) is 0 Å². The summed E-state index contributed by atoms with van der Waals surface area (Å²) in [5, 5.41) is 2.93. The maximum absolute atomic E-state index is 13.6. The normalized spacial score (nSPS) is 10.2. The van der Waals surface area contributed by atoms with Gasteiger partial charge < -0.3 is 10.1 Å². The van der Waals surface area contributed by atoms with Crippen LogP contribution in [0.1, 0.15) is 5.56 Å². The second kappa shape index (κ2) is 7.22. The molecule has 0 radical (unpaired) electrons. The Bertz CT molecular complexity index is 629. The topological polar surface area (TPSA) is 21.3 Å². The van der Waals surface area contributed by atoms with E-state index in [1.165, 1.54) is 6.07 Å². The first kappa shape index (κ1) is 15.5. The van der Waals surface area contributed by atoms with Gasteiger partial charge in [-0.05, 0) is 39.7 Å². The van der Waals surface area contributed by atoms with Crippen LogP contribution in [0, 0.1) is 11.6 Å². The molecule has 2 aromatic carbocycles. The lowest BCUT2D eigenvalue weighted by Crippen LogP contribution is -2.02. The van der Waals surface area contributed by atoms with E-state index in [2.05, 4.69) is 27.8 Å². The predicted octanol–water partition coefficient (Wildman–Crippen LogP) is 4.90. The molecule has 110 valence electrons. The van der Waals surface area contributed by atoms with Gasteiger partial charge in [-0.3, -0.25) is 0 Å². The van der Waals surface area contributed by atoms with Gasteiger partial charge in [-0.25, -0.2) is 8.78 Å². The van der Waals surface area contributed by atoms with E-state index >= 15 is 0 Å². The first-order chi connectivity index (χ1) is 10.1. The lowest BCUT2D eigenvalue weighted by Gasteiger charge is -2.09. The van der Waals surface area contributed by atoms with Crippen molar-refractivity contribution >= 4 is 21.6 Å². The van der Waals surface area contributed by atoms with Crippen molar-refractivity contribution < 1.29 is 13.5 Å². The van der Waals surface area contributed by atoms with Crippen molar-refractivity contribution in [3.05, 3.63) is 70.7 Å². The minimum Gasteiger partial charge on any atom is -0.490 e. The largest absolute Gasteiger partial charge is 0.490 e. The van der Waals surface area contributed by atoms with Gasteiger partial charge >= 0.3 is 0 Å². The number of benzene rings is 2. The van der Waals surface area contributed by atoms with E-state index in [-0.39, 0.29) is 10.2 Å². The second-order valence-electron chi connectivity index (χ2n) is 4.34. The molecular weight excluding hydrogens is 340 g/mol. The third-order valence-corrected chi connectivity index (χ3v) is 3.39. The molecule has 0 bridgehead atoms. The molecule has 0 saturated heterocycles. The average molecular weight is 354 g/mol. The van der Waals surface area contributed by atoms with Crippen LogP contribution in [0.4, 0.5) is 14.5 Å². The number of hydrogen-bond acceptors (Lipinski definition) is 2. The van der Waals surface area contributed by atoms with Crippen molar-refractivity contribution in [2.45, 2.75) is 6.54 Å². The zero-order chi connectivity index (χ0) is 15.2. The van der Waals surface area contributed by atoms with Gasteiger partial charge in [0.1, 0.15) is 24.0 Å². The summed E-state index contributed by atoms with van der Waals surface area (Å²) in [6, 6.07) is 9.64. The van der Waals surface area contributed by atoms with Crippen LogP contribution in [0.3, 0.4) is 0 Å². The van der Waals surface area contributed by atoms with Crippen LogP contribution < -0.4 is 10.1 Å². The van der Waals surface area contributed by atoms with Gasteiger partial charge in [-0.2, -0.15) is 0 Å². The van der Waals surface area contributed by atoms with Gasteiger partial charge in [-0.15, -0.1) is 0 Å². The number of halogens is 3. The Morgan fingerprint density at radius 3 is 2.52 bits per heavy atom. The van der Waals surface area contributed by atoms with E-state index < -0.39 is 11.6 Å². The van der Waals surface area contributed by atoms with Gasteiger partial charge in [0.2, 0.25) is 0 Å². The molecule has 0 fully saturated rings. The molecular formula is C16H14BrF2NO. The standard InChI is InChI=1S/C16H14BrF2NO/c1-2-7-21-12-5-3-11(4-6-12)10-20-16-8-13(17)14(18)9-15(16)19/h2-6,8-9,20H,1,7,10H2. The Hall–Kier alpha value is -1.88. The monoisotopic (exact) mass is 353 g/mol. The molecule has 0 aliphatic carbocycles. The molecule has 0 spiro atoms. The lowest BCUT2D eigenvalue weighted by atomic mass is 10.2. The first-order valence-electron chi connectivity index (χ1n) is 6.31. The van der Waals surface area contributed by atoms with Gasteiger partial charge in [-0.1, -0.05) is 24.8 Å². The summed E-state index contributed by atoms with van der Waals surface area (Å²) < 4.78 is 32.3. The molecule has 2 aromatic rings. The third kappa shape index (κ3) is 4.29. The summed E-state index contributed by atoms with van der Waals surface area (Å²) in [4.78, 5) is 0. The van der Waals surface area contributed by atoms with Crippen molar-refractivity contribution in [1.82, 2.24) is 0 Å². The molecule has 0 atom stereocenters. The molecule has 0 heterocycles. The van der Waals surface area contributed by atoms with Crippen LogP contribution >= 0.6 is 15.9 Å². The van der Waals surface area contributed by atoms with Gasteiger partial charge in [0, 0.05) is 12.6 Å². The average Bonchev–Trinajstić information content (AvgIpc) is 2.48. The number of nitrogens with one attached hydrogen (secondary N) is 1. The molecule has 1 N–H and O–H groups in total.